The van der Waals surface area contributed by atoms with Crippen LogP contribution >= 0.6 is 0 Å². The molecule has 0 heterocycles. The van der Waals surface area contributed by atoms with Crippen molar-refractivity contribution in [1.29, 1.82) is 0 Å². The molecule has 0 aliphatic rings. The fraction of sp³-hybridized carbons (Fsp3) is 0.500. The first kappa shape index (κ1) is 14.2. The van der Waals surface area contributed by atoms with Crippen LogP contribution in [-0.4, -0.2) is 29.8 Å². The molecular formula is C12H18N2O4. The molecule has 0 aliphatic heterocycles. The largest absolute Gasteiger partial charge is 0.497 e. The van der Waals surface area contributed by atoms with E-state index in [1.54, 1.807) is 6.07 Å². The molecule has 0 aliphatic carbocycles. The van der Waals surface area contributed by atoms with Crippen molar-refractivity contribution in [2.45, 2.75) is 19.9 Å². The van der Waals surface area contributed by atoms with Gasteiger partial charge >= 0.3 is 0 Å². The third-order valence-electron chi connectivity index (χ3n) is 2.74. The Kier molecular flexibility index (Phi) is 4.91. The zero-order chi connectivity index (χ0) is 13.7. The zero-order valence-corrected chi connectivity index (χ0v) is 10.7. The first-order valence-electron chi connectivity index (χ1n) is 5.69. The Bertz CT molecular complexity index is 421. The van der Waals surface area contributed by atoms with Crippen molar-refractivity contribution in [1.82, 2.24) is 0 Å². The molecule has 0 radical (unpaired) electrons. The molecule has 1 aromatic rings. The van der Waals surface area contributed by atoms with Gasteiger partial charge in [0.2, 0.25) is 0 Å². The van der Waals surface area contributed by atoms with Crippen LogP contribution in [0.25, 0.3) is 0 Å². The quantitative estimate of drug-likeness (QED) is 0.599. The lowest BCUT2D eigenvalue weighted by Crippen LogP contribution is -2.29. The van der Waals surface area contributed by atoms with Crippen molar-refractivity contribution < 1.29 is 14.8 Å². The van der Waals surface area contributed by atoms with Crippen molar-refractivity contribution in [3.05, 3.63) is 28.3 Å². The summed E-state index contributed by atoms with van der Waals surface area (Å²) in [5.41, 5.74) is 0.321. The minimum absolute atomic E-state index is 0.0325. The number of ether oxygens (including phenoxy) is 1. The van der Waals surface area contributed by atoms with Gasteiger partial charge in [0.25, 0.3) is 5.69 Å². The first-order chi connectivity index (χ1) is 8.49. The lowest BCUT2D eigenvalue weighted by Gasteiger charge is -2.21. The number of nitrogens with one attached hydrogen (secondary N) is 1. The maximum absolute atomic E-state index is 10.9. The minimum Gasteiger partial charge on any atom is -0.497 e. The summed E-state index contributed by atoms with van der Waals surface area (Å²) in [5, 5.41) is 23.2. The predicted octanol–water partition coefficient (Wildman–Crippen LogP) is 2.03. The topological polar surface area (TPSA) is 84.6 Å². The Morgan fingerprint density at radius 1 is 1.50 bits per heavy atom. The number of aliphatic hydroxyl groups is 1. The van der Waals surface area contributed by atoms with Crippen LogP contribution in [0.1, 0.15) is 13.8 Å². The van der Waals surface area contributed by atoms with E-state index in [0.29, 0.717) is 11.4 Å². The van der Waals surface area contributed by atoms with Gasteiger partial charge in [0, 0.05) is 12.1 Å². The molecule has 1 aromatic carbocycles. The number of aliphatic hydroxyl groups excluding tert-OH is 1. The van der Waals surface area contributed by atoms with E-state index in [-0.39, 0.29) is 24.3 Å². The Balaban J connectivity index is 3.07. The van der Waals surface area contributed by atoms with E-state index in [4.69, 9.17) is 4.74 Å². The lowest BCUT2D eigenvalue weighted by atomic mass is 10.0. The highest BCUT2D eigenvalue weighted by Gasteiger charge is 2.19. The van der Waals surface area contributed by atoms with E-state index in [1.807, 2.05) is 13.8 Å². The van der Waals surface area contributed by atoms with Crippen LogP contribution in [0.4, 0.5) is 11.4 Å². The number of hydrogen-bond donors (Lipinski definition) is 2. The van der Waals surface area contributed by atoms with Crippen LogP contribution in [0.3, 0.4) is 0 Å². The van der Waals surface area contributed by atoms with Gasteiger partial charge in [0.15, 0.2) is 0 Å². The summed E-state index contributed by atoms with van der Waals surface area (Å²) in [7, 11) is 1.50. The van der Waals surface area contributed by atoms with E-state index >= 15 is 0 Å². The number of benzene rings is 1. The molecule has 1 rings (SSSR count). The van der Waals surface area contributed by atoms with Gasteiger partial charge in [-0.1, -0.05) is 13.8 Å². The molecular weight excluding hydrogens is 236 g/mol. The molecule has 0 amide bonds. The second-order valence-electron chi connectivity index (χ2n) is 4.32. The summed E-state index contributed by atoms with van der Waals surface area (Å²) in [6.45, 7) is 3.77. The van der Waals surface area contributed by atoms with E-state index in [1.165, 1.54) is 19.2 Å². The van der Waals surface area contributed by atoms with E-state index in [0.717, 1.165) is 0 Å². The number of nitrogens with zero attached hydrogens (tertiary/aromatic N) is 1. The molecule has 1 atom stereocenters. The molecule has 0 fully saturated rings. The van der Waals surface area contributed by atoms with Crippen LogP contribution < -0.4 is 10.1 Å². The summed E-state index contributed by atoms with van der Waals surface area (Å²) >= 11 is 0. The highest BCUT2D eigenvalue weighted by atomic mass is 16.6. The Hall–Kier alpha value is -1.82. The summed E-state index contributed by atoms with van der Waals surface area (Å²) in [6.07, 6.45) is 0. The van der Waals surface area contributed by atoms with Crippen molar-refractivity contribution in [3.8, 4) is 5.75 Å². The van der Waals surface area contributed by atoms with Gasteiger partial charge < -0.3 is 15.2 Å². The van der Waals surface area contributed by atoms with Crippen molar-refractivity contribution in [2.75, 3.05) is 19.0 Å². The number of nitro benzene ring substituents is 1. The van der Waals surface area contributed by atoms with Crippen LogP contribution in [0.2, 0.25) is 0 Å². The number of anilines is 1. The summed E-state index contributed by atoms with van der Waals surface area (Å²) in [6, 6.07) is 4.24. The normalized spacial score (nSPS) is 12.3. The highest BCUT2D eigenvalue weighted by molar-refractivity contribution is 5.64. The Labute approximate surface area is 106 Å². The zero-order valence-electron chi connectivity index (χ0n) is 10.7. The Morgan fingerprint density at radius 2 is 2.17 bits per heavy atom. The second-order valence-corrected chi connectivity index (χ2v) is 4.32. The molecule has 0 saturated carbocycles. The maximum Gasteiger partial charge on any atom is 0.292 e. The Morgan fingerprint density at radius 3 is 2.61 bits per heavy atom. The van der Waals surface area contributed by atoms with E-state index in [9.17, 15) is 15.2 Å². The smallest absolute Gasteiger partial charge is 0.292 e. The maximum atomic E-state index is 10.9. The van der Waals surface area contributed by atoms with Gasteiger partial charge in [-0.05, 0) is 12.0 Å². The predicted molar refractivity (Wildman–Crippen MR) is 69.0 cm³/mol. The third kappa shape index (κ3) is 3.33. The minimum atomic E-state index is -0.462. The molecule has 18 heavy (non-hydrogen) atoms. The van der Waals surface area contributed by atoms with E-state index < -0.39 is 4.92 Å². The third-order valence-corrected chi connectivity index (χ3v) is 2.74. The van der Waals surface area contributed by atoms with Gasteiger partial charge in [-0.2, -0.15) is 0 Å². The SMILES string of the molecule is COc1ccc([N+](=O)[O-])c(NC(CO)C(C)C)c1. The van der Waals surface area contributed by atoms with Crippen LogP contribution in [0, 0.1) is 16.0 Å². The number of hydrogen-bond acceptors (Lipinski definition) is 5. The van der Waals surface area contributed by atoms with Crippen LogP contribution in [-0.2, 0) is 0 Å². The molecule has 0 spiro atoms. The van der Waals surface area contributed by atoms with Crippen molar-refractivity contribution >= 4 is 11.4 Å². The second kappa shape index (κ2) is 6.20. The van der Waals surface area contributed by atoms with Crippen molar-refractivity contribution in [3.63, 3.8) is 0 Å². The molecule has 1 unspecified atom stereocenters. The standard InChI is InChI=1S/C12H18N2O4/c1-8(2)11(7-15)13-10-6-9(18-3)4-5-12(10)14(16)17/h4-6,8,11,13,15H,7H2,1-3H3. The first-order valence-corrected chi connectivity index (χ1v) is 5.69. The number of rotatable bonds is 6. The number of nitro groups is 1. The molecule has 6 heteroatoms. The summed E-state index contributed by atoms with van der Waals surface area (Å²) in [5.74, 6) is 0.685. The molecule has 100 valence electrons. The van der Waals surface area contributed by atoms with Crippen molar-refractivity contribution in [2.24, 2.45) is 5.92 Å². The van der Waals surface area contributed by atoms with Gasteiger partial charge in [-0.15, -0.1) is 0 Å². The lowest BCUT2D eigenvalue weighted by molar-refractivity contribution is -0.384. The highest BCUT2D eigenvalue weighted by Crippen LogP contribution is 2.30. The summed E-state index contributed by atoms with van der Waals surface area (Å²) < 4.78 is 5.04. The molecule has 0 aromatic heterocycles. The van der Waals surface area contributed by atoms with Gasteiger partial charge in [0.05, 0.1) is 24.7 Å². The fourth-order valence-corrected chi connectivity index (χ4v) is 1.54. The van der Waals surface area contributed by atoms with Crippen LogP contribution in [0.5, 0.6) is 5.75 Å². The average Bonchev–Trinajstić information content (AvgIpc) is 2.34. The monoisotopic (exact) mass is 254 g/mol. The van der Waals surface area contributed by atoms with Gasteiger partial charge in [0.1, 0.15) is 11.4 Å². The molecule has 6 nitrogen and oxygen atoms in total. The average molecular weight is 254 g/mol. The number of methoxy groups -OCH3 is 1. The van der Waals surface area contributed by atoms with Gasteiger partial charge in [-0.3, -0.25) is 10.1 Å². The van der Waals surface area contributed by atoms with Gasteiger partial charge in [-0.25, -0.2) is 0 Å². The molecule has 0 bridgehead atoms. The summed E-state index contributed by atoms with van der Waals surface area (Å²) in [4.78, 5) is 10.5. The van der Waals surface area contributed by atoms with E-state index in [2.05, 4.69) is 5.32 Å². The fourth-order valence-electron chi connectivity index (χ4n) is 1.54. The molecule has 2 N–H and O–H groups in total. The van der Waals surface area contributed by atoms with Crippen LogP contribution in [0.15, 0.2) is 18.2 Å². The molecule has 0 saturated heterocycles.